The molecule has 0 aliphatic carbocycles. The van der Waals surface area contributed by atoms with Crippen molar-refractivity contribution in [1.82, 2.24) is 0 Å². The third-order valence-electron chi connectivity index (χ3n) is 4.62. The van der Waals surface area contributed by atoms with Crippen molar-refractivity contribution in [3.05, 3.63) is 59.9 Å². The fourth-order valence-corrected chi connectivity index (χ4v) is 4.09. The maximum absolute atomic E-state index is 13.6. The lowest BCUT2D eigenvalue weighted by Crippen LogP contribution is -2.24. The van der Waals surface area contributed by atoms with E-state index >= 15 is 0 Å². The van der Waals surface area contributed by atoms with Crippen molar-refractivity contribution >= 4 is 15.5 Å². The van der Waals surface area contributed by atoms with Crippen LogP contribution in [-0.4, -0.2) is 20.7 Å². The summed E-state index contributed by atoms with van der Waals surface area (Å²) in [6.07, 6.45) is 0.901. The first-order valence-corrected chi connectivity index (χ1v) is 9.49. The molecule has 7 heteroatoms. The normalized spacial score (nSPS) is 21.1. The number of rotatable bonds is 4. The predicted molar refractivity (Wildman–Crippen MR) is 89.9 cm³/mol. The van der Waals surface area contributed by atoms with Gasteiger partial charge in [-0.2, -0.15) is 8.78 Å². The first-order valence-electron chi connectivity index (χ1n) is 7.95. The van der Waals surface area contributed by atoms with Crippen LogP contribution in [0.2, 0.25) is 0 Å². The molecule has 0 amide bonds. The number of nitrogens with zero attached hydrogens (tertiary/aromatic N) is 1. The van der Waals surface area contributed by atoms with E-state index in [2.05, 4.69) is 11.8 Å². The number of anilines is 1. The summed E-state index contributed by atoms with van der Waals surface area (Å²) in [6.45, 7) is 2.80. The molecule has 0 spiro atoms. The summed E-state index contributed by atoms with van der Waals surface area (Å²) in [5.74, 6) is -3.47. The first-order chi connectivity index (χ1) is 11.8. The second-order valence-corrected chi connectivity index (χ2v) is 8.18. The van der Waals surface area contributed by atoms with E-state index in [0.717, 1.165) is 24.2 Å². The minimum absolute atomic E-state index is 0.0479. The fraction of sp³-hybridized carbons (Fsp3) is 0.333. The van der Waals surface area contributed by atoms with Gasteiger partial charge < -0.3 is 4.90 Å². The molecule has 2 atom stereocenters. The molecule has 1 aliphatic rings. The molecule has 1 aliphatic heterocycles. The topological polar surface area (TPSA) is 37.4 Å². The second-order valence-electron chi connectivity index (χ2n) is 6.26. The van der Waals surface area contributed by atoms with E-state index in [-0.39, 0.29) is 17.8 Å². The highest BCUT2D eigenvalue weighted by Gasteiger charge is 2.33. The van der Waals surface area contributed by atoms with Crippen molar-refractivity contribution in [2.45, 2.75) is 30.0 Å². The Kier molecular flexibility index (Phi) is 4.77. The Bertz CT molecular complexity index is 853. The summed E-state index contributed by atoms with van der Waals surface area (Å²) in [4.78, 5) is 1.65. The molecule has 25 heavy (non-hydrogen) atoms. The highest BCUT2D eigenvalue weighted by atomic mass is 32.2. The van der Waals surface area contributed by atoms with Crippen molar-refractivity contribution in [1.29, 1.82) is 0 Å². The molecule has 0 bridgehead atoms. The van der Waals surface area contributed by atoms with E-state index in [9.17, 15) is 21.6 Å². The Labute approximate surface area is 145 Å². The molecule has 1 heterocycles. The largest absolute Gasteiger partial charge is 0.364 e. The summed E-state index contributed by atoms with van der Waals surface area (Å²) < 4.78 is 61.9. The Balaban J connectivity index is 1.93. The van der Waals surface area contributed by atoms with Crippen LogP contribution >= 0.6 is 0 Å². The average molecular weight is 369 g/mol. The molecule has 2 unspecified atom stereocenters. The van der Waals surface area contributed by atoms with Crippen molar-refractivity contribution in [2.24, 2.45) is 5.92 Å². The van der Waals surface area contributed by atoms with Crippen LogP contribution in [0.25, 0.3) is 0 Å². The summed E-state index contributed by atoms with van der Waals surface area (Å²) in [5.41, 5.74) is 1.57. The maximum atomic E-state index is 13.6. The van der Waals surface area contributed by atoms with Gasteiger partial charge in [0.2, 0.25) is 9.84 Å². The fourth-order valence-electron chi connectivity index (χ4n) is 3.37. The quantitative estimate of drug-likeness (QED) is 0.801. The molecule has 2 aromatic rings. The van der Waals surface area contributed by atoms with Gasteiger partial charge in [0.25, 0.3) is 0 Å². The Hall–Kier alpha value is -2.02. The highest BCUT2D eigenvalue weighted by Crippen LogP contribution is 2.40. The third kappa shape index (κ3) is 3.38. The lowest BCUT2D eigenvalue weighted by molar-refractivity contribution is 0.234. The molecule has 3 rings (SSSR count). The highest BCUT2D eigenvalue weighted by molar-refractivity contribution is 7.91. The van der Waals surface area contributed by atoms with Crippen LogP contribution in [0.5, 0.6) is 0 Å². The van der Waals surface area contributed by atoms with Crippen LogP contribution in [0, 0.1) is 11.7 Å². The second kappa shape index (κ2) is 6.71. The monoisotopic (exact) mass is 369 g/mol. The lowest BCUT2D eigenvalue weighted by atomic mass is 9.95. The van der Waals surface area contributed by atoms with E-state index in [0.29, 0.717) is 0 Å². The Morgan fingerprint density at radius 1 is 1.12 bits per heavy atom. The van der Waals surface area contributed by atoms with Crippen LogP contribution in [0.3, 0.4) is 0 Å². The van der Waals surface area contributed by atoms with E-state index in [1.807, 2.05) is 6.07 Å². The number of hydrogen-bond donors (Lipinski definition) is 0. The summed E-state index contributed by atoms with van der Waals surface area (Å²) in [5, 5.41) is 0. The van der Waals surface area contributed by atoms with Crippen molar-refractivity contribution in [2.75, 3.05) is 11.4 Å². The smallest absolute Gasteiger partial charge is 0.341 e. The van der Waals surface area contributed by atoms with E-state index in [1.54, 1.807) is 6.07 Å². The van der Waals surface area contributed by atoms with Gasteiger partial charge in [-0.25, -0.2) is 12.8 Å². The number of benzene rings is 2. The molecule has 1 fully saturated rings. The van der Waals surface area contributed by atoms with Crippen LogP contribution in [0.1, 0.15) is 24.9 Å². The number of alkyl halides is 2. The number of hydrogen-bond acceptors (Lipinski definition) is 3. The molecule has 0 N–H and O–H groups in total. The molecule has 0 radical (unpaired) electrons. The third-order valence-corrected chi connectivity index (χ3v) is 6.02. The van der Waals surface area contributed by atoms with Crippen LogP contribution in [0.15, 0.2) is 53.4 Å². The van der Waals surface area contributed by atoms with E-state index in [1.165, 1.54) is 36.4 Å². The van der Waals surface area contributed by atoms with Crippen molar-refractivity contribution in [3.8, 4) is 0 Å². The molecular formula is C18H18F3NO2S. The lowest BCUT2D eigenvalue weighted by Gasteiger charge is -2.29. The van der Waals surface area contributed by atoms with Crippen molar-refractivity contribution in [3.63, 3.8) is 0 Å². The molecule has 0 aromatic heterocycles. The molecule has 3 nitrogen and oxygen atoms in total. The summed E-state index contributed by atoms with van der Waals surface area (Å²) >= 11 is 0. The molecule has 134 valence electrons. The molecule has 2 aromatic carbocycles. The van der Waals surface area contributed by atoms with Gasteiger partial charge >= 0.3 is 5.76 Å². The van der Waals surface area contributed by atoms with Gasteiger partial charge in [0.1, 0.15) is 5.82 Å². The van der Waals surface area contributed by atoms with Gasteiger partial charge in [0, 0.05) is 12.2 Å². The van der Waals surface area contributed by atoms with Crippen molar-refractivity contribution < 1.29 is 21.6 Å². The minimum Gasteiger partial charge on any atom is -0.364 e. The van der Waals surface area contributed by atoms with Gasteiger partial charge in [-0.05, 0) is 54.3 Å². The van der Waals surface area contributed by atoms with Gasteiger partial charge in [0.05, 0.1) is 10.9 Å². The predicted octanol–water partition coefficient (Wildman–Crippen LogP) is 4.41. The molecule has 1 saturated heterocycles. The zero-order chi connectivity index (χ0) is 18.2. The van der Waals surface area contributed by atoms with Crippen LogP contribution in [-0.2, 0) is 9.84 Å². The number of sulfone groups is 1. The first kappa shape index (κ1) is 17.8. The van der Waals surface area contributed by atoms with Crippen LogP contribution in [0.4, 0.5) is 18.9 Å². The van der Waals surface area contributed by atoms with Gasteiger partial charge in [-0.15, -0.1) is 0 Å². The van der Waals surface area contributed by atoms with Gasteiger partial charge in [-0.3, -0.25) is 0 Å². The van der Waals surface area contributed by atoms with E-state index < -0.39 is 20.5 Å². The summed E-state index contributed by atoms with van der Waals surface area (Å²) in [6, 6.07) is 11.8. The Morgan fingerprint density at radius 2 is 1.80 bits per heavy atom. The maximum Gasteiger partial charge on any atom is 0.341 e. The summed E-state index contributed by atoms with van der Waals surface area (Å²) in [7, 11) is -4.60. The minimum atomic E-state index is -4.60. The SMILES string of the molecule is CC1CCN(c2ccc(S(=O)(=O)C(F)F)cc2)C1c1cccc(F)c1. The average Bonchev–Trinajstić information content (AvgIpc) is 2.96. The zero-order valence-electron chi connectivity index (χ0n) is 13.6. The molecule has 0 saturated carbocycles. The molecular weight excluding hydrogens is 351 g/mol. The number of halogens is 3. The van der Waals surface area contributed by atoms with Crippen LogP contribution < -0.4 is 4.90 Å². The zero-order valence-corrected chi connectivity index (χ0v) is 14.4. The van der Waals surface area contributed by atoms with Gasteiger partial charge in [-0.1, -0.05) is 19.1 Å². The van der Waals surface area contributed by atoms with E-state index in [4.69, 9.17) is 0 Å². The van der Waals surface area contributed by atoms with Gasteiger partial charge in [0.15, 0.2) is 0 Å². The Morgan fingerprint density at radius 3 is 2.40 bits per heavy atom. The standard InChI is InChI=1S/C18H18F3NO2S/c1-12-9-10-22(17(12)13-3-2-4-14(19)11-13)15-5-7-16(8-6-15)25(23,24)18(20)21/h2-8,11-12,17-18H,9-10H2,1H3.